The molecular formula is C22H29BrO2. The molecule has 0 saturated carbocycles. The van der Waals surface area contributed by atoms with Crippen molar-refractivity contribution < 1.29 is 9.84 Å². The van der Waals surface area contributed by atoms with Gasteiger partial charge in [-0.05, 0) is 48.2 Å². The first-order valence-corrected chi connectivity index (χ1v) is 10.5. The van der Waals surface area contributed by atoms with Crippen molar-refractivity contribution in [2.45, 2.75) is 51.4 Å². The van der Waals surface area contributed by atoms with Crippen LogP contribution in [0.5, 0.6) is 11.5 Å². The zero-order valence-corrected chi connectivity index (χ0v) is 16.5. The van der Waals surface area contributed by atoms with E-state index in [-0.39, 0.29) is 0 Å². The van der Waals surface area contributed by atoms with Crippen LogP contribution in [0.4, 0.5) is 0 Å². The second-order valence-corrected chi connectivity index (χ2v) is 7.23. The summed E-state index contributed by atoms with van der Waals surface area (Å²) in [5, 5.41) is 10.5. The summed E-state index contributed by atoms with van der Waals surface area (Å²) in [6, 6.07) is 15.4. The summed E-state index contributed by atoms with van der Waals surface area (Å²) in [4.78, 5) is 0. The fourth-order valence-corrected chi connectivity index (χ4v) is 3.24. The normalized spacial score (nSPS) is 10.8. The number of aromatic hydroxyl groups is 1. The molecule has 136 valence electrons. The minimum absolute atomic E-state index is 0.294. The van der Waals surface area contributed by atoms with Gasteiger partial charge in [0.1, 0.15) is 11.5 Å². The van der Waals surface area contributed by atoms with Gasteiger partial charge in [-0.3, -0.25) is 0 Å². The Morgan fingerprint density at radius 1 is 0.640 bits per heavy atom. The lowest BCUT2D eigenvalue weighted by atomic mass is 10.1. The van der Waals surface area contributed by atoms with Crippen LogP contribution in [-0.2, 0) is 0 Å². The molecule has 0 bridgehead atoms. The van der Waals surface area contributed by atoms with Crippen LogP contribution in [-0.4, -0.2) is 17.0 Å². The number of phenolic OH excluding ortho intramolecular Hbond substituents is 1. The molecule has 25 heavy (non-hydrogen) atoms. The monoisotopic (exact) mass is 404 g/mol. The average molecular weight is 405 g/mol. The fraction of sp³-hybridized carbons (Fsp3) is 0.455. The molecule has 0 atom stereocenters. The van der Waals surface area contributed by atoms with E-state index in [1.165, 1.54) is 44.9 Å². The molecule has 0 unspecified atom stereocenters. The Labute approximate surface area is 160 Å². The van der Waals surface area contributed by atoms with Crippen LogP contribution in [0.1, 0.15) is 51.4 Å². The van der Waals surface area contributed by atoms with Crippen molar-refractivity contribution in [1.82, 2.24) is 0 Å². The quantitative estimate of drug-likeness (QED) is 0.306. The van der Waals surface area contributed by atoms with Crippen LogP contribution < -0.4 is 4.74 Å². The Kier molecular flexibility index (Phi) is 9.50. The van der Waals surface area contributed by atoms with Crippen LogP contribution in [0.2, 0.25) is 0 Å². The Hall–Kier alpha value is -1.48. The largest absolute Gasteiger partial charge is 0.508 e. The molecule has 0 saturated heterocycles. The maximum absolute atomic E-state index is 9.35. The number of phenols is 1. The fourth-order valence-electron chi connectivity index (χ4n) is 2.84. The van der Waals surface area contributed by atoms with Gasteiger partial charge in [-0.2, -0.15) is 0 Å². The summed E-state index contributed by atoms with van der Waals surface area (Å²) in [6.07, 6.45) is 10.4. The standard InChI is InChI=1S/C22H29BrO2/c23-17-7-5-3-1-2-4-6-8-18-25-22-15-11-20(12-16-22)19-9-13-21(24)14-10-19/h9-16,24H,1-8,17-18H2. The summed E-state index contributed by atoms with van der Waals surface area (Å²) < 4.78 is 5.83. The summed E-state index contributed by atoms with van der Waals surface area (Å²) in [7, 11) is 0. The molecule has 3 heteroatoms. The van der Waals surface area contributed by atoms with E-state index >= 15 is 0 Å². The van der Waals surface area contributed by atoms with Crippen LogP contribution in [0.3, 0.4) is 0 Å². The maximum Gasteiger partial charge on any atom is 0.119 e. The molecule has 2 rings (SSSR count). The first-order valence-electron chi connectivity index (χ1n) is 9.38. The van der Waals surface area contributed by atoms with Crippen molar-refractivity contribution in [1.29, 1.82) is 0 Å². The van der Waals surface area contributed by atoms with Crippen LogP contribution >= 0.6 is 15.9 Å². The Balaban J connectivity index is 1.58. The van der Waals surface area contributed by atoms with E-state index in [1.807, 2.05) is 24.3 Å². The molecule has 0 aliphatic carbocycles. The van der Waals surface area contributed by atoms with Crippen LogP contribution in [0.15, 0.2) is 48.5 Å². The molecule has 1 N–H and O–H groups in total. The Morgan fingerprint density at radius 3 is 1.68 bits per heavy atom. The highest BCUT2D eigenvalue weighted by atomic mass is 79.9. The SMILES string of the molecule is Oc1ccc(-c2ccc(OCCCCCCCCCCBr)cc2)cc1. The van der Waals surface area contributed by atoms with Crippen molar-refractivity contribution in [3.63, 3.8) is 0 Å². The lowest BCUT2D eigenvalue weighted by molar-refractivity contribution is 0.304. The molecule has 2 aromatic rings. The minimum Gasteiger partial charge on any atom is -0.508 e. The molecule has 0 amide bonds. The zero-order chi connectivity index (χ0) is 17.7. The van der Waals surface area contributed by atoms with E-state index < -0.39 is 0 Å². The lowest BCUT2D eigenvalue weighted by Crippen LogP contribution is -1.97. The third-order valence-corrected chi connectivity index (χ3v) is 4.91. The molecule has 0 aliphatic rings. The Morgan fingerprint density at radius 2 is 1.12 bits per heavy atom. The number of halogens is 1. The predicted molar refractivity (Wildman–Crippen MR) is 110 cm³/mol. The molecule has 0 heterocycles. The van der Waals surface area contributed by atoms with Crippen molar-refractivity contribution in [3.8, 4) is 22.6 Å². The van der Waals surface area contributed by atoms with E-state index in [4.69, 9.17) is 4.74 Å². The molecule has 2 aromatic carbocycles. The highest BCUT2D eigenvalue weighted by Gasteiger charge is 1.99. The van der Waals surface area contributed by atoms with Crippen molar-refractivity contribution in [3.05, 3.63) is 48.5 Å². The van der Waals surface area contributed by atoms with Gasteiger partial charge >= 0.3 is 0 Å². The van der Waals surface area contributed by atoms with Gasteiger partial charge in [-0.1, -0.05) is 78.7 Å². The van der Waals surface area contributed by atoms with Gasteiger partial charge in [0.25, 0.3) is 0 Å². The highest BCUT2D eigenvalue weighted by Crippen LogP contribution is 2.24. The molecule has 0 fully saturated rings. The predicted octanol–water partition coefficient (Wildman–Crippen LogP) is 6.95. The lowest BCUT2D eigenvalue weighted by Gasteiger charge is -2.08. The number of ether oxygens (including phenoxy) is 1. The molecule has 0 aromatic heterocycles. The number of alkyl halides is 1. The number of hydrogen-bond donors (Lipinski definition) is 1. The van der Waals surface area contributed by atoms with E-state index in [0.717, 1.165) is 35.2 Å². The number of unbranched alkanes of at least 4 members (excludes halogenated alkanes) is 7. The van der Waals surface area contributed by atoms with Gasteiger partial charge in [-0.15, -0.1) is 0 Å². The van der Waals surface area contributed by atoms with E-state index in [9.17, 15) is 5.11 Å². The molecule has 0 spiro atoms. The third-order valence-electron chi connectivity index (χ3n) is 4.35. The number of benzene rings is 2. The first-order chi connectivity index (χ1) is 12.3. The topological polar surface area (TPSA) is 29.5 Å². The molecule has 0 radical (unpaired) electrons. The van der Waals surface area contributed by atoms with Gasteiger partial charge in [-0.25, -0.2) is 0 Å². The molecule has 2 nitrogen and oxygen atoms in total. The Bertz CT molecular complexity index is 578. The van der Waals surface area contributed by atoms with Crippen molar-refractivity contribution >= 4 is 15.9 Å². The van der Waals surface area contributed by atoms with E-state index in [2.05, 4.69) is 28.1 Å². The number of hydrogen-bond acceptors (Lipinski definition) is 2. The smallest absolute Gasteiger partial charge is 0.119 e. The van der Waals surface area contributed by atoms with Gasteiger partial charge < -0.3 is 9.84 Å². The minimum atomic E-state index is 0.294. The van der Waals surface area contributed by atoms with Gasteiger partial charge in [0.2, 0.25) is 0 Å². The maximum atomic E-state index is 9.35. The molecule has 0 aliphatic heterocycles. The molecular weight excluding hydrogens is 376 g/mol. The summed E-state index contributed by atoms with van der Waals surface area (Å²) in [5.74, 6) is 1.22. The van der Waals surface area contributed by atoms with E-state index in [0.29, 0.717) is 5.75 Å². The zero-order valence-electron chi connectivity index (χ0n) is 14.9. The van der Waals surface area contributed by atoms with Crippen LogP contribution in [0, 0.1) is 0 Å². The first kappa shape index (κ1) is 19.8. The second-order valence-electron chi connectivity index (χ2n) is 6.44. The van der Waals surface area contributed by atoms with E-state index in [1.54, 1.807) is 12.1 Å². The van der Waals surface area contributed by atoms with Gasteiger partial charge in [0.15, 0.2) is 0 Å². The summed E-state index contributed by atoms with van der Waals surface area (Å²) >= 11 is 3.48. The number of rotatable bonds is 12. The highest BCUT2D eigenvalue weighted by molar-refractivity contribution is 9.09. The average Bonchev–Trinajstić information content (AvgIpc) is 2.64. The summed E-state index contributed by atoms with van der Waals surface area (Å²) in [6.45, 7) is 0.794. The van der Waals surface area contributed by atoms with Crippen molar-refractivity contribution in [2.75, 3.05) is 11.9 Å². The van der Waals surface area contributed by atoms with Crippen molar-refractivity contribution in [2.24, 2.45) is 0 Å². The second kappa shape index (κ2) is 12.0. The van der Waals surface area contributed by atoms with Gasteiger partial charge in [0, 0.05) is 5.33 Å². The van der Waals surface area contributed by atoms with Gasteiger partial charge in [0.05, 0.1) is 6.61 Å². The van der Waals surface area contributed by atoms with Crippen LogP contribution in [0.25, 0.3) is 11.1 Å². The summed E-state index contributed by atoms with van der Waals surface area (Å²) in [5.41, 5.74) is 2.23. The third kappa shape index (κ3) is 7.96.